The van der Waals surface area contributed by atoms with Crippen LogP contribution in [0.3, 0.4) is 0 Å². The highest BCUT2D eigenvalue weighted by Crippen LogP contribution is 2.36. The zero-order valence-corrected chi connectivity index (χ0v) is 18.2. The van der Waals surface area contributed by atoms with Crippen molar-refractivity contribution in [2.75, 3.05) is 11.9 Å². The first-order valence-electron chi connectivity index (χ1n) is 10.6. The van der Waals surface area contributed by atoms with Gasteiger partial charge in [0.05, 0.1) is 42.4 Å². The second-order valence-electron chi connectivity index (χ2n) is 8.48. The minimum Gasteiger partial charge on any atom is -0.390 e. The van der Waals surface area contributed by atoms with Gasteiger partial charge in [0, 0.05) is 12.6 Å². The van der Waals surface area contributed by atoms with Gasteiger partial charge in [-0.25, -0.2) is 23.1 Å². The Balaban J connectivity index is 1.65. The van der Waals surface area contributed by atoms with Gasteiger partial charge in [0.2, 0.25) is 0 Å². The van der Waals surface area contributed by atoms with Crippen molar-refractivity contribution in [1.29, 1.82) is 0 Å². The molecular weight excluding hydrogens is 455 g/mol. The summed E-state index contributed by atoms with van der Waals surface area (Å²) in [6, 6.07) is -1.61. The number of likely N-dealkylation sites (tertiary alicyclic amines) is 1. The van der Waals surface area contributed by atoms with Gasteiger partial charge in [0.25, 0.3) is 11.8 Å². The summed E-state index contributed by atoms with van der Waals surface area (Å²) in [6.45, 7) is 4.06. The van der Waals surface area contributed by atoms with Crippen LogP contribution < -0.4 is 5.32 Å². The fourth-order valence-corrected chi connectivity index (χ4v) is 4.24. The molecule has 10 nitrogen and oxygen atoms in total. The molecule has 4 atom stereocenters. The quantitative estimate of drug-likeness (QED) is 0.465. The first-order valence-corrected chi connectivity index (χ1v) is 10.6. The van der Waals surface area contributed by atoms with Gasteiger partial charge in [-0.15, -0.1) is 0 Å². The standard InChI is InChI=1S/C21H24F3N7O3/c1-10(6-25-7-11(2)22)13-5-21(23,24)8-31(13)20(34)16-15-18(26-9-27-19(15)30-29-16)28-12-3-4-14(32)17(12)33/h6-7,9,12-14,17,32-33H,1,3-5,8H2,2H3,(H2,26,27,28,29,30)/b11-7+,25-6?/t12-,13-,14-,17+/m1/s1. The number of hydrogen-bond acceptors (Lipinski definition) is 8. The van der Waals surface area contributed by atoms with Crippen molar-refractivity contribution in [1.82, 2.24) is 25.1 Å². The van der Waals surface area contributed by atoms with Crippen LogP contribution in [-0.2, 0) is 0 Å². The lowest BCUT2D eigenvalue weighted by molar-refractivity contribution is 0.0118. The van der Waals surface area contributed by atoms with Crippen LogP contribution in [0, 0.1) is 0 Å². The highest BCUT2D eigenvalue weighted by molar-refractivity contribution is 6.08. The second-order valence-corrected chi connectivity index (χ2v) is 8.48. The minimum absolute atomic E-state index is 0.113. The largest absolute Gasteiger partial charge is 0.390 e. The lowest BCUT2D eigenvalue weighted by Crippen LogP contribution is -2.38. The van der Waals surface area contributed by atoms with Crippen molar-refractivity contribution in [2.45, 2.75) is 56.4 Å². The van der Waals surface area contributed by atoms with Crippen LogP contribution in [0.5, 0.6) is 0 Å². The van der Waals surface area contributed by atoms with Crippen molar-refractivity contribution in [3.05, 3.63) is 36.2 Å². The van der Waals surface area contributed by atoms with Crippen LogP contribution in [0.4, 0.5) is 19.0 Å². The van der Waals surface area contributed by atoms with E-state index >= 15 is 0 Å². The van der Waals surface area contributed by atoms with Crippen LogP contribution >= 0.6 is 0 Å². The molecule has 1 amide bonds. The van der Waals surface area contributed by atoms with E-state index in [1.807, 2.05) is 0 Å². The Labute approximate surface area is 192 Å². The molecule has 0 unspecified atom stereocenters. The van der Waals surface area contributed by atoms with Gasteiger partial charge in [-0.05, 0) is 25.3 Å². The van der Waals surface area contributed by atoms with E-state index in [1.54, 1.807) is 0 Å². The molecule has 2 fully saturated rings. The SMILES string of the molecule is C=C(C=N/C=C(\C)F)[C@H]1CC(F)(F)CN1C(=O)c1[nH]nc2ncnc(N[C@@H]3CC[C@@H](O)[C@H]3O)c12. The molecule has 2 aromatic rings. The lowest BCUT2D eigenvalue weighted by Gasteiger charge is -2.24. The number of nitrogens with zero attached hydrogens (tertiary/aromatic N) is 5. The Kier molecular flexibility index (Phi) is 6.41. The molecule has 2 aromatic heterocycles. The molecular formula is C21H24F3N7O3. The summed E-state index contributed by atoms with van der Waals surface area (Å²) in [5.74, 6) is -4.34. The summed E-state index contributed by atoms with van der Waals surface area (Å²) >= 11 is 0. The van der Waals surface area contributed by atoms with Crippen LogP contribution in [0.1, 0.15) is 36.7 Å². The zero-order chi connectivity index (χ0) is 24.6. The number of aliphatic imine (C=N–C) groups is 1. The number of aromatic nitrogens is 4. The van der Waals surface area contributed by atoms with Gasteiger partial charge in [0.1, 0.15) is 23.7 Å². The van der Waals surface area contributed by atoms with Crippen molar-refractivity contribution >= 4 is 29.0 Å². The Morgan fingerprint density at radius 1 is 1.38 bits per heavy atom. The van der Waals surface area contributed by atoms with Gasteiger partial charge >= 0.3 is 0 Å². The molecule has 0 aromatic carbocycles. The molecule has 4 rings (SSSR count). The Hall–Kier alpha value is -3.32. The number of rotatable bonds is 6. The number of amides is 1. The molecule has 2 aliphatic rings. The molecule has 4 N–H and O–H groups in total. The Morgan fingerprint density at radius 3 is 2.82 bits per heavy atom. The van der Waals surface area contributed by atoms with Crippen LogP contribution in [0.25, 0.3) is 11.0 Å². The summed E-state index contributed by atoms with van der Waals surface area (Å²) in [6.07, 6.45) is 1.51. The first kappa shape index (κ1) is 23.8. The normalized spacial score (nSPS) is 27.1. The fourth-order valence-electron chi connectivity index (χ4n) is 4.24. The van der Waals surface area contributed by atoms with Gasteiger partial charge < -0.3 is 20.4 Å². The molecule has 0 radical (unpaired) electrons. The highest BCUT2D eigenvalue weighted by atomic mass is 19.3. The van der Waals surface area contributed by atoms with E-state index < -0.39 is 54.9 Å². The summed E-state index contributed by atoms with van der Waals surface area (Å²) < 4.78 is 41.6. The van der Waals surface area contributed by atoms with Crippen LogP contribution in [0.2, 0.25) is 0 Å². The van der Waals surface area contributed by atoms with E-state index in [9.17, 15) is 28.2 Å². The summed E-state index contributed by atoms with van der Waals surface area (Å²) in [5.41, 5.74) is 0.128. The predicted molar refractivity (Wildman–Crippen MR) is 117 cm³/mol. The average molecular weight is 479 g/mol. The molecule has 1 saturated carbocycles. The van der Waals surface area contributed by atoms with Gasteiger partial charge in [-0.1, -0.05) is 6.58 Å². The van der Waals surface area contributed by atoms with Crippen LogP contribution in [-0.4, -0.2) is 84.2 Å². The number of allylic oxidation sites excluding steroid dienone is 1. The first-order chi connectivity index (χ1) is 16.1. The number of fused-ring (bicyclic) bond motifs is 1. The number of nitrogens with one attached hydrogen (secondary N) is 2. The van der Waals surface area contributed by atoms with Crippen LogP contribution in [0.15, 0.2) is 35.5 Å². The number of aliphatic hydroxyl groups excluding tert-OH is 2. The van der Waals surface area contributed by atoms with E-state index in [4.69, 9.17) is 0 Å². The van der Waals surface area contributed by atoms with Crippen molar-refractivity contribution < 1.29 is 28.2 Å². The molecule has 0 spiro atoms. The number of anilines is 1. The molecule has 13 heteroatoms. The highest BCUT2D eigenvalue weighted by Gasteiger charge is 2.48. The van der Waals surface area contributed by atoms with Gasteiger partial charge in [-0.2, -0.15) is 5.10 Å². The maximum atomic E-state index is 14.3. The van der Waals surface area contributed by atoms with E-state index in [0.717, 1.165) is 17.3 Å². The summed E-state index contributed by atoms with van der Waals surface area (Å²) in [5, 5.41) is 29.7. The fraction of sp³-hybridized carbons (Fsp3) is 0.476. The number of carbonyl (C=O) groups excluding carboxylic acids is 1. The van der Waals surface area contributed by atoms with Crippen molar-refractivity contribution in [3.63, 3.8) is 0 Å². The molecule has 3 heterocycles. The van der Waals surface area contributed by atoms with Crippen molar-refractivity contribution in [3.8, 4) is 0 Å². The molecule has 1 saturated heterocycles. The minimum atomic E-state index is -3.17. The van der Waals surface area contributed by atoms with E-state index in [1.165, 1.54) is 13.3 Å². The number of aliphatic hydroxyl groups is 2. The maximum absolute atomic E-state index is 14.3. The predicted octanol–water partition coefficient (Wildman–Crippen LogP) is 1.96. The number of H-pyrrole nitrogens is 1. The maximum Gasteiger partial charge on any atom is 0.273 e. The Morgan fingerprint density at radius 2 is 2.15 bits per heavy atom. The molecule has 1 aliphatic carbocycles. The average Bonchev–Trinajstić information content (AvgIpc) is 3.44. The van der Waals surface area contributed by atoms with Gasteiger partial charge in [0.15, 0.2) is 5.65 Å². The third kappa shape index (κ3) is 4.66. The molecule has 0 bridgehead atoms. The zero-order valence-electron chi connectivity index (χ0n) is 18.2. The molecule has 1 aliphatic heterocycles. The number of carbonyl (C=O) groups is 1. The van der Waals surface area contributed by atoms with E-state index in [-0.39, 0.29) is 28.1 Å². The Bertz CT molecular complexity index is 1160. The molecule has 34 heavy (non-hydrogen) atoms. The summed E-state index contributed by atoms with van der Waals surface area (Å²) in [4.78, 5) is 26.2. The number of hydrogen-bond donors (Lipinski definition) is 4. The number of aromatic amines is 1. The second kappa shape index (κ2) is 9.14. The topological polar surface area (TPSA) is 140 Å². The van der Waals surface area contributed by atoms with E-state index in [0.29, 0.717) is 12.8 Å². The van der Waals surface area contributed by atoms with Crippen molar-refractivity contribution in [2.24, 2.45) is 4.99 Å². The summed E-state index contributed by atoms with van der Waals surface area (Å²) in [7, 11) is 0. The number of halogens is 3. The molecule has 182 valence electrons. The third-order valence-electron chi connectivity index (χ3n) is 5.92. The number of alkyl halides is 2. The van der Waals surface area contributed by atoms with E-state index in [2.05, 4.69) is 37.1 Å². The third-order valence-corrected chi connectivity index (χ3v) is 5.92. The monoisotopic (exact) mass is 479 g/mol. The van der Waals surface area contributed by atoms with Gasteiger partial charge in [-0.3, -0.25) is 14.9 Å². The smallest absolute Gasteiger partial charge is 0.273 e. The lowest BCUT2D eigenvalue weighted by atomic mass is 10.1.